The molecule has 130 valence electrons. The topological polar surface area (TPSA) is 85.7 Å². The Balaban J connectivity index is 2.04. The largest absolute Gasteiger partial charge is 0.573 e. The second kappa shape index (κ2) is 7.24. The first kappa shape index (κ1) is 17.6. The normalized spacial score (nSPS) is 12.5. The number of hydrogen-bond donors (Lipinski definition) is 2. The van der Waals surface area contributed by atoms with Gasteiger partial charge < -0.3 is 20.3 Å². The summed E-state index contributed by atoms with van der Waals surface area (Å²) in [5.74, 6) is 0.247. The molecule has 1 aromatic carbocycles. The zero-order valence-electron chi connectivity index (χ0n) is 13.1. The van der Waals surface area contributed by atoms with Crippen LogP contribution in [-0.4, -0.2) is 17.5 Å². The molecule has 1 aromatic heterocycles. The SMILES string of the molecule is CC(C)c1cc(CN=C(N)Nc2ccccc2OC(F)(F)F)on1. The van der Waals surface area contributed by atoms with E-state index in [0.717, 1.165) is 5.69 Å². The zero-order chi connectivity index (χ0) is 17.7. The molecule has 2 rings (SSSR count). The molecule has 0 fully saturated rings. The monoisotopic (exact) mass is 342 g/mol. The lowest BCUT2D eigenvalue weighted by molar-refractivity contribution is -0.274. The maximum absolute atomic E-state index is 12.4. The molecule has 0 saturated carbocycles. The number of nitrogens with one attached hydrogen (secondary N) is 1. The van der Waals surface area contributed by atoms with Crippen molar-refractivity contribution in [1.29, 1.82) is 0 Å². The van der Waals surface area contributed by atoms with Crippen molar-refractivity contribution in [2.45, 2.75) is 32.7 Å². The Kier molecular flexibility index (Phi) is 5.32. The van der Waals surface area contributed by atoms with Crippen molar-refractivity contribution in [1.82, 2.24) is 5.16 Å². The summed E-state index contributed by atoms with van der Waals surface area (Å²) >= 11 is 0. The summed E-state index contributed by atoms with van der Waals surface area (Å²) in [6, 6.07) is 7.29. The van der Waals surface area contributed by atoms with Crippen molar-refractivity contribution < 1.29 is 22.4 Å². The number of guanidine groups is 1. The van der Waals surface area contributed by atoms with Gasteiger partial charge in [-0.25, -0.2) is 4.99 Å². The van der Waals surface area contributed by atoms with E-state index in [9.17, 15) is 13.2 Å². The van der Waals surface area contributed by atoms with E-state index in [-0.39, 0.29) is 24.1 Å². The molecule has 3 N–H and O–H groups in total. The third kappa shape index (κ3) is 5.18. The number of para-hydroxylation sites is 2. The van der Waals surface area contributed by atoms with Gasteiger partial charge in [-0.2, -0.15) is 0 Å². The summed E-state index contributed by atoms with van der Waals surface area (Å²) in [6.45, 7) is 4.05. The van der Waals surface area contributed by atoms with Crippen LogP contribution in [0.3, 0.4) is 0 Å². The van der Waals surface area contributed by atoms with E-state index >= 15 is 0 Å². The average molecular weight is 342 g/mol. The van der Waals surface area contributed by atoms with Crippen LogP contribution in [0.1, 0.15) is 31.2 Å². The first-order chi connectivity index (χ1) is 11.2. The minimum atomic E-state index is -4.79. The maximum Gasteiger partial charge on any atom is 0.573 e. The van der Waals surface area contributed by atoms with Crippen molar-refractivity contribution in [2.24, 2.45) is 10.7 Å². The highest BCUT2D eigenvalue weighted by Crippen LogP contribution is 2.29. The van der Waals surface area contributed by atoms with E-state index in [4.69, 9.17) is 10.3 Å². The first-order valence-corrected chi connectivity index (χ1v) is 7.12. The van der Waals surface area contributed by atoms with Crippen LogP contribution in [0.25, 0.3) is 0 Å². The molecule has 0 saturated heterocycles. The van der Waals surface area contributed by atoms with Crippen LogP contribution in [0.5, 0.6) is 5.75 Å². The minimum absolute atomic E-state index is 0.0523. The van der Waals surface area contributed by atoms with Crippen LogP contribution >= 0.6 is 0 Å². The molecule has 0 bridgehead atoms. The van der Waals surface area contributed by atoms with Crippen molar-refractivity contribution in [3.8, 4) is 5.75 Å². The second-order valence-electron chi connectivity index (χ2n) is 5.24. The lowest BCUT2D eigenvalue weighted by Crippen LogP contribution is -2.24. The molecular formula is C15H17F3N4O2. The molecule has 6 nitrogen and oxygen atoms in total. The average Bonchev–Trinajstić information content (AvgIpc) is 2.95. The number of rotatable bonds is 5. The molecule has 0 unspecified atom stereocenters. The number of nitrogens with two attached hydrogens (primary N) is 1. The lowest BCUT2D eigenvalue weighted by Gasteiger charge is -2.13. The summed E-state index contributed by atoms with van der Waals surface area (Å²) in [5.41, 5.74) is 6.53. The summed E-state index contributed by atoms with van der Waals surface area (Å²) in [4.78, 5) is 4.01. The zero-order valence-corrected chi connectivity index (χ0v) is 13.1. The molecule has 0 aliphatic heterocycles. The number of aromatic nitrogens is 1. The summed E-state index contributed by atoms with van der Waals surface area (Å²) in [6.07, 6.45) is -4.79. The predicted molar refractivity (Wildman–Crippen MR) is 82.7 cm³/mol. The van der Waals surface area contributed by atoms with Crippen LogP contribution in [0.15, 0.2) is 39.8 Å². The molecule has 0 amide bonds. The Morgan fingerprint density at radius 2 is 2.08 bits per heavy atom. The molecule has 2 aromatic rings. The predicted octanol–water partition coefficient (Wildman–Crippen LogP) is 3.62. The number of halogens is 3. The molecular weight excluding hydrogens is 325 g/mol. The van der Waals surface area contributed by atoms with E-state index < -0.39 is 12.1 Å². The van der Waals surface area contributed by atoms with E-state index in [1.165, 1.54) is 18.2 Å². The van der Waals surface area contributed by atoms with E-state index in [1.807, 2.05) is 13.8 Å². The van der Waals surface area contributed by atoms with Gasteiger partial charge in [0.1, 0.15) is 6.54 Å². The second-order valence-corrected chi connectivity index (χ2v) is 5.24. The molecule has 0 spiro atoms. The Labute approximate surface area is 136 Å². The van der Waals surface area contributed by atoms with Gasteiger partial charge in [-0.15, -0.1) is 13.2 Å². The van der Waals surface area contributed by atoms with Crippen molar-refractivity contribution in [3.05, 3.63) is 41.8 Å². The maximum atomic E-state index is 12.4. The molecule has 1 heterocycles. The number of aliphatic imine (C=N–C) groups is 1. The standard InChI is InChI=1S/C15H17F3N4O2/c1-9(2)12-7-10(24-22-12)8-20-14(19)21-11-5-3-4-6-13(11)23-15(16,17)18/h3-7,9H,8H2,1-2H3,(H3,19,20,21). The Morgan fingerprint density at radius 3 is 2.71 bits per heavy atom. The van der Waals surface area contributed by atoms with Crippen LogP contribution < -0.4 is 15.8 Å². The van der Waals surface area contributed by atoms with E-state index in [1.54, 1.807) is 12.1 Å². The Hall–Kier alpha value is -2.71. The number of nitrogens with zero attached hydrogens (tertiary/aromatic N) is 2. The minimum Gasteiger partial charge on any atom is -0.404 e. The van der Waals surface area contributed by atoms with Gasteiger partial charge in [0.15, 0.2) is 17.5 Å². The summed E-state index contributed by atoms with van der Waals surface area (Å²) in [5, 5.41) is 6.46. The highest BCUT2D eigenvalue weighted by atomic mass is 19.4. The van der Waals surface area contributed by atoms with E-state index in [2.05, 4.69) is 20.2 Å². The van der Waals surface area contributed by atoms with Crippen LogP contribution in [-0.2, 0) is 6.54 Å². The van der Waals surface area contributed by atoms with Gasteiger partial charge in [0.05, 0.1) is 11.4 Å². The van der Waals surface area contributed by atoms with Gasteiger partial charge >= 0.3 is 6.36 Å². The van der Waals surface area contributed by atoms with Crippen molar-refractivity contribution in [2.75, 3.05) is 5.32 Å². The van der Waals surface area contributed by atoms with Gasteiger partial charge in [0.25, 0.3) is 0 Å². The molecule has 0 aliphatic rings. The van der Waals surface area contributed by atoms with Gasteiger partial charge in [-0.3, -0.25) is 0 Å². The fraction of sp³-hybridized carbons (Fsp3) is 0.333. The lowest BCUT2D eigenvalue weighted by atomic mass is 10.1. The van der Waals surface area contributed by atoms with Gasteiger partial charge in [-0.1, -0.05) is 31.1 Å². The Bertz CT molecular complexity index is 711. The van der Waals surface area contributed by atoms with Gasteiger partial charge in [-0.05, 0) is 18.1 Å². The Morgan fingerprint density at radius 1 is 1.38 bits per heavy atom. The number of anilines is 1. The number of benzene rings is 1. The van der Waals surface area contributed by atoms with E-state index in [0.29, 0.717) is 5.76 Å². The highest BCUT2D eigenvalue weighted by molar-refractivity contribution is 5.93. The molecule has 9 heteroatoms. The third-order valence-corrected chi connectivity index (χ3v) is 2.95. The molecule has 0 radical (unpaired) electrons. The van der Waals surface area contributed by atoms with Gasteiger partial charge in [0.2, 0.25) is 0 Å². The third-order valence-electron chi connectivity index (χ3n) is 2.95. The van der Waals surface area contributed by atoms with Crippen molar-refractivity contribution in [3.63, 3.8) is 0 Å². The van der Waals surface area contributed by atoms with Crippen LogP contribution in [0.2, 0.25) is 0 Å². The van der Waals surface area contributed by atoms with Gasteiger partial charge in [0, 0.05) is 6.07 Å². The summed E-state index contributed by atoms with van der Waals surface area (Å²) < 4.78 is 46.1. The molecule has 0 aliphatic carbocycles. The molecule has 0 atom stereocenters. The number of hydrogen-bond acceptors (Lipinski definition) is 4. The summed E-state index contributed by atoms with van der Waals surface area (Å²) in [7, 11) is 0. The number of ether oxygens (including phenoxy) is 1. The molecule has 24 heavy (non-hydrogen) atoms. The smallest absolute Gasteiger partial charge is 0.404 e. The van der Waals surface area contributed by atoms with Crippen LogP contribution in [0.4, 0.5) is 18.9 Å². The fourth-order valence-electron chi connectivity index (χ4n) is 1.80. The highest BCUT2D eigenvalue weighted by Gasteiger charge is 2.32. The quantitative estimate of drug-likeness (QED) is 0.640. The van der Waals surface area contributed by atoms with Crippen LogP contribution in [0, 0.1) is 0 Å². The first-order valence-electron chi connectivity index (χ1n) is 7.12. The fourth-order valence-corrected chi connectivity index (χ4v) is 1.80. The number of alkyl halides is 3. The van der Waals surface area contributed by atoms with Crippen molar-refractivity contribution >= 4 is 11.6 Å².